The Bertz CT molecular complexity index is 2720. The summed E-state index contributed by atoms with van der Waals surface area (Å²) in [6.07, 6.45) is 17.1. The minimum atomic E-state index is -0.417. The van der Waals surface area contributed by atoms with E-state index in [0.29, 0.717) is 43.0 Å². The molecule has 1 saturated carbocycles. The SMILES string of the molecule is [C-]#[N+]c1ccc(C(=O)Nc2ccc(C3CN(C)C(=O)N(C)C3)nc2C2=CCC3(CCCC3)CC2)o1.[C-]#[N+]c1cnc(C(=O)Nc2ccc(C3CN(C)C(=O)N(C)C3)nc2C2=CCC(C)(C)CC2)[nH]1. The van der Waals surface area contributed by atoms with Gasteiger partial charge in [-0.3, -0.25) is 24.5 Å². The molecule has 0 unspecified atom stereocenters. The second-order valence-corrected chi connectivity index (χ2v) is 19.9. The lowest BCUT2D eigenvalue weighted by Crippen LogP contribution is -2.49. The van der Waals surface area contributed by atoms with Crippen LogP contribution in [0.25, 0.3) is 20.8 Å². The maximum Gasteiger partial charge on any atom is 0.346 e. The summed E-state index contributed by atoms with van der Waals surface area (Å²) >= 11 is 0. The van der Waals surface area contributed by atoms with Crippen LogP contribution in [0.1, 0.15) is 134 Å². The number of likely N-dealkylation sites (N-methyl/N-ethyl adjacent to an activating group) is 4. The summed E-state index contributed by atoms with van der Waals surface area (Å²) in [5.74, 6) is -0.170. The molecule has 2 saturated heterocycles. The number of aromatic amines is 1. The number of urea groups is 2. The summed E-state index contributed by atoms with van der Waals surface area (Å²) in [5.41, 5.74) is 7.57. The second-order valence-electron chi connectivity index (χ2n) is 19.9. The van der Waals surface area contributed by atoms with Crippen molar-refractivity contribution in [2.45, 2.75) is 89.9 Å². The smallest absolute Gasteiger partial charge is 0.346 e. The molecule has 0 bridgehead atoms. The summed E-state index contributed by atoms with van der Waals surface area (Å²) in [6, 6.07) is 10.7. The molecular weight excluding hydrogens is 861 g/mol. The van der Waals surface area contributed by atoms with Gasteiger partial charge in [-0.1, -0.05) is 45.4 Å². The Labute approximate surface area is 397 Å². The first-order valence-electron chi connectivity index (χ1n) is 23.4. The predicted octanol–water partition coefficient (Wildman–Crippen LogP) is 9.97. The Hall–Kier alpha value is -7.27. The third-order valence-corrected chi connectivity index (χ3v) is 14.2. The third-order valence-electron chi connectivity index (χ3n) is 14.2. The number of carbonyl (C=O) groups excluding carboxylic acids is 4. The number of anilines is 2. The molecule has 3 N–H and O–H groups in total. The highest BCUT2D eigenvalue weighted by molar-refractivity contribution is 6.04. The number of hydrogen-bond acceptors (Lipinski definition) is 8. The lowest BCUT2D eigenvalue weighted by Gasteiger charge is -2.36. The molecule has 4 aromatic rings. The Morgan fingerprint density at radius 3 is 1.69 bits per heavy atom. The van der Waals surface area contributed by atoms with Gasteiger partial charge in [-0.25, -0.2) is 14.6 Å². The van der Waals surface area contributed by atoms with Crippen LogP contribution in [0.4, 0.5) is 32.7 Å². The van der Waals surface area contributed by atoms with E-state index in [4.69, 9.17) is 27.5 Å². The van der Waals surface area contributed by atoms with Crippen LogP contribution in [0.2, 0.25) is 0 Å². The van der Waals surface area contributed by atoms with E-state index in [9.17, 15) is 19.2 Å². The Balaban J connectivity index is 0.000000184. The van der Waals surface area contributed by atoms with E-state index in [1.165, 1.54) is 44.0 Å². The monoisotopic (exact) mass is 920 g/mol. The standard InChI is InChI=1S/C27H31N5O3.C24H29N7O2/c1-28-23-9-8-22(35-23)25(33)30-21-7-6-20(19-16-31(2)26(34)32(3)17-19)29-24(21)18-10-14-27(15-11-18)12-4-5-13-27;1-24(2)10-8-15(9-11-24)20-18(28-22(32)21-26-12-19(25-3)29-21)7-6-17(27-20)16-13-30(4)23(33)31(5)14-16/h6-10,19H,4-5,11-17H2,2-3H3,(H,30,33);6-8,12,16H,9-11,13-14H2,1-2,4-5H3,(H,26,29)(H,28,32). The van der Waals surface area contributed by atoms with Crippen molar-refractivity contribution < 1.29 is 23.6 Å². The predicted molar refractivity (Wildman–Crippen MR) is 259 cm³/mol. The fraction of sp³-hybridized carbons (Fsp3) is 0.471. The van der Waals surface area contributed by atoms with E-state index in [-0.39, 0.29) is 52.6 Å². The van der Waals surface area contributed by atoms with E-state index >= 15 is 0 Å². The molecule has 3 aliphatic carbocycles. The van der Waals surface area contributed by atoms with Gasteiger partial charge in [0.1, 0.15) is 0 Å². The first-order chi connectivity index (χ1) is 32.5. The fourth-order valence-electron chi connectivity index (χ4n) is 10.2. The number of imidazole rings is 1. The van der Waals surface area contributed by atoms with Gasteiger partial charge in [0, 0.05) is 77.6 Å². The zero-order valence-corrected chi connectivity index (χ0v) is 39.8. The van der Waals surface area contributed by atoms with Crippen molar-refractivity contribution in [2.24, 2.45) is 10.8 Å². The quantitative estimate of drug-likeness (QED) is 0.146. The maximum atomic E-state index is 12.9. The lowest BCUT2D eigenvalue weighted by atomic mass is 9.73. The maximum absolute atomic E-state index is 12.9. The minimum Gasteiger partial charge on any atom is -0.475 e. The zero-order chi connectivity index (χ0) is 48.3. The molecule has 5 aliphatic rings. The number of nitrogens with one attached hydrogen (secondary N) is 3. The van der Waals surface area contributed by atoms with Gasteiger partial charge in [-0.15, -0.1) is 0 Å². The number of amides is 6. The van der Waals surface area contributed by atoms with Crippen molar-refractivity contribution in [1.82, 2.24) is 39.5 Å². The second kappa shape index (κ2) is 19.5. The summed E-state index contributed by atoms with van der Waals surface area (Å²) in [5, 5.41) is 5.89. The molecule has 17 nitrogen and oxygen atoms in total. The van der Waals surface area contributed by atoms with E-state index < -0.39 is 11.8 Å². The van der Waals surface area contributed by atoms with Crippen LogP contribution in [-0.2, 0) is 0 Å². The van der Waals surface area contributed by atoms with E-state index in [1.54, 1.807) is 33.7 Å². The topological polar surface area (TPSA) is 182 Å². The highest BCUT2D eigenvalue weighted by atomic mass is 16.4. The van der Waals surface area contributed by atoms with E-state index in [0.717, 1.165) is 72.4 Å². The molecule has 2 aliphatic heterocycles. The number of nitrogens with zero attached hydrogens (tertiary/aromatic N) is 9. The number of carbonyl (C=O) groups is 4. The molecule has 17 heteroatoms. The van der Waals surface area contributed by atoms with Gasteiger partial charge >= 0.3 is 23.9 Å². The largest absolute Gasteiger partial charge is 0.475 e. The first kappa shape index (κ1) is 47.2. The van der Waals surface area contributed by atoms with E-state index in [1.807, 2.05) is 38.4 Å². The normalized spacial score (nSPS) is 19.4. The summed E-state index contributed by atoms with van der Waals surface area (Å²) in [7, 11) is 7.22. The molecule has 6 amide bonds. The van der Waals surface area contributed by atoms with Gasteiger partial charge in [0.15, 0.2) is 5.76 Å². The third kappa shape index (κ3) is 10.3. The number of allylic oxidation sites excluding steroid dienone is 4. The Morgan fingerprint density at radius 1 is 0.706 bits per heavy atom. The number of aromatic nitrogens is 4. The van der Waals surface area contributed by atoms with Crippen LogP contribution >= 0.6 is 0 Å². The molecule has 0 radical (unpaired) electrons. The molecule has 68 heavy (non-hydrogen) atoms. The molecule has 4 aromatic heterocycles. The van der Waals surface area contributed by atoms with Gasteiger partial charge in [0.25, 0.3) is 11.7 Å². The van der Waals surface area contributed by atoms with Gasteiger partial charge in [-0.05, 0) is 110 Å². The van der Waals surface area contributed by atoms with Crippen LogP contribution in [0.5, 0.6) is 0 Å². The number of furan rings is 1. The summed E-state index contributed by atoms with van der Waals surface area (Å²) in [6.45, 7) is 21.0. The van der Waals surface area contributed by atoms with Crippen LogP contribution in [0, 0.1) is 24.0 Å². The van der Waals surface area contributed by atoms with Crippen LogP contribution in [0.15, 0.2) is 59.2 Å². The van der Waals surface area contributed by atoms with Crippen molar-refractivity contribution in [3.63, 3.8) is 0 Å². The highest BCUT2D eigenvalue weighted by Gasteiger charge is 2.37. The highest BCUT2D eigenvalue weighted by Crippen LogP contribution is 2.50. The number of H-pyrrole nitrogens is 1. The minimum absolute atomic E-state index is 0.00445. The Morgan fingerprint density at radius 2 is 1.24 bits per heavy atom. The first-order valence-corrected chi connectivity index (χ1v) is 23.4. The van der Waals surface area contributed by atoms with E-state index in [2.05, 4.69) is 56.3 Å². The van der Waals surface area contributed by atoms with Crippen molar-refractivity contribution >= 4 is 58.1 Å². The molecule has 3 fully saturated rings. The number of rotatable bonds is 8. The van der Waals surface area contributed by atoms with Gasteiger partial charge in [-0.2, -0.15) is 4.85 Å². The summed E-state index contributed by atoms with van der Waals surface area (Å²) in [4.78, 5) is 80.2. The van der Waals surface area contributed by atoms with Gasteiger partial charge in [0.05, 0.1) is 35.5 Å². The van der Waals surface area contributed by atoms with Gasteiger partial charge < -0.3 is 39.5 Å². The fourth-order valence-corrected chi connectivity index (χ4v) is 10.2. The number of pyridine rings is 2. The molecule has 1 spiro atoms. The van der Waals surface area contributed by atoms with Crippen LogP contribution < -0.4 is 10.6 Å². The average molecular weight is 921 g/mol. The molecule has 9 rings (SSSR count). The van der Waals surface area contributed by atoms with Gasteiger partial charge in [0.2, 0.25) is 5.82 Å². The van der Waals surface area contributed by atoms with Crippen LogP contribution in [0.3, 0.4) is 0 Å². The van der Waals surface area contributed by atoms with Crippen molar-refractivity contribution in [3.8, 4) is 0 Å². The lowest BCUT2D eigenvalue weighted by molar-refractivity contribution is 0.0994. The summed E-state index contributed by atoms with van der Waals surface area (Å²) < 4.78 is 5.32. The molecule has 6 heterocycles. The van der Waals surface area contributed by atoms with Crippen molar-refractivity contribution in [1.29, 1.82) is 0 Å². The molecule has 0 aromatic carbocycles. The zero-order valence-electron chi connectivity index (χ0n) is 39.8. The number of hydrogen-bond donors (Lipinski definition) is 3. The molecule has 354 valence electrons. The van der Waals surface area contributed by atoms with Crippen LogP contribution in [-0.4, -0.2) is 118 Å². The van der Waals surface area contributed by atoms with Crippen molar-refractivity contribution in [2.75, 3.05) is 65.0 Å². The molecule has 0 atom stereocenters. The molecular formula is C51H60N12O5. The average Bonchev–Trinajstić information content (AvgIpc) is 4.13. The Kier molecular flexibility index (Phi) is 13.6. The van der Waals surface area contributed by atoms with Crippen molar-refractivity contribution in [3.05, 3.63) is 112 Å².